The van der Waals surface area contributed by atoms with Gasteiger partial charge < -0.3 is 10.5 Å². The van der Waals surface area contributed by atoms with Crippen LogP contribution < -0.4 is 5.73 Å². The Morgan fingerprint density at radius 3 is 2.80 bits per heavy atom. The minimum Gasteiger partial charge on any atom is -0.372 e. The maximum absolute atomic E-state index is 5.84. The molecular weight excluding hydrogens is 190 g/mol. The van der Waals surface area contributed by atoms with Crippen LogP contribution in [0.25, 0.3) is 0 Å². The number of rotatable bonds is 3. The molecule has 4 heteroatoms. The van der Waals surface area contributed by atoms with Gasteiger partial charge >= 0.3 is 0 Å². The van der Waals surface area contributed by atoms with Crippen LogP contribution in [0.3, 0.4) is 0 Å². The van der Waals surface area contributed by atoms with E-state index in [2.05, 4.69) is 5.10 Å². The maximum Gasteiger partial charge on any atom is 0.0910 e. The number of nitrogens with zero attached hydrogens (tertiary/aromatic N) is 2. The molecule has 0 radical (unpaired) electrons. The quantitative estimate of drug-likeness (QED) is 0.814. The van der Waals surface area contributed by atoms with Gasteiger partial charge in [-0.15, -0.1) is 0 Å². The summed E-state index contributed by atoms with van der Waals surface area (Å²) in [5.74, 6) is 0. The average molecular weight is 209 g/mol. The van der Waals surface area contributed by atoms with Crippen molar-refractivity contribution in [1.29, 1.82) is 0 Å². The zero-order valence-corrected chi connectivity index (χ0v) is 9.22. The molecule has 84 valence electrons. The Balaban J connectivity index is 1.74. The SMILES string of the molecule is Cn1ccc(COC2CCC(N)CC2)n1. The predicted molar refractivity (Wildman–Crippen MR) is 58.2 cm³/mol. The highest BCUT2D eigenvalue weighted by molar-refractivity contribution is 4.96. The Kier molecular flexibility index (Phi) is 3.38. The number of hydrogen-bond acceptors (Lipinski definition) is 3. The van der Waals surface area contributed by atoms with Gasteiger partial charge in [-0.05, 0) is 31.7 Å². The Labute approximate surface area is 90.4 Å². The normalized spacial score (nSPS) is 26.8. The Hall–Kier alpha value is -0.870. The standard InChI is InChI=1S/C11H19N3O/c1-14-7-6-10(13-14)8-15-11-4-2-9(12)3-5-11/h6-7,9,11H,2-5,8,12H2,1H3. The van der Waals surface area contributed by atoms with Crippen molar-refractivity contribution in [2.45, 2.75) is 44.4 Å². The van der Waals surface area contributed by atoms with Crippen LogP contribution in [0.5, 0.6) is 0 Å². The lowest BCUT2D eigenvalue weighted by Crippen LogP contribution is -2.30. The van der Waals surface area contributed by atoms with Crippen LogP contribution >= 0.6 is 0 Å². The molecule has 0 unspecified atom stereocenters. The Morgan fingerprint density at radius 2 is 2.20 bits per heavy atom. The van der Waals surface area contributed by atoms with Gasteiger partial charge in [-0.25, -0.2) is 0 Å². The number of nitrogens with two attached hydrogens (primary N) is 1. The third kappa shape index (κ3) is 3.04. The molecule has 0 saturated heterocycles. The minimum absolute atomic E-state index is 0.381. The molecular formula is C11H19N3O. The van der Waals surface area contributed by atoms with Crippen LogP contribution in [-0.4, -0.2) is 21.9 Å². The van der Waals surface area contributed by atoms with Crippen LogP contribution in [0, 0.1) is 0 Å². The molecule has 1 aromatic heterocycles. The molecule has 0 spiro atoms. The van der Waals surface area contributed by atoms with Crippen LogP contribution in [0.2, 0.25) is 0 Å². The van der Waals surface area contributed by atoms with Crippen LogP contribution in [0.15, 0.2) is 12.3 Å². The van der Waals surface area contributed by atoms with Crippen molar-refractivity contribution < 1.29 is 4.74 Å². The van der Waals surface area contributed by atoms with Gasteiger partial charge in [0.05, 0.1) is 18.4 Å². The van der Waals surface area contributed by atoms with Crippen LogP contribution in [0.4, 0.5) is 0 Å². The molecule has 1 aliphatic carbocycles. The van der Waals surface area contributed by atoms with E-state index in [9.17, 15) is 0 Å². The maximum atomic E-state index is 5.84. The summed E-state index contributed by atoms with van der Waals surface area (Å²) < 4.78 is 7.60. The summed E-state index contributed by atoms with van der Waals surface area (Å²) in [5.41, 5.74) is 6.84. The summed E-state index contributed by atoms with van der Waals surface area (Å²) in [6, 6.07) is 2.38. The van der Waals surface area contributed by atoms with Gasteiger partial charge in [0.15, 0.2) is 0 Å². The fourth-order valence-corrected chi connectivity index (χ4v) is 2.00. The molecule has 0 aromatic carbocycles. The van der Waals surface area contributed by atoms with Crippen molar-refractivity contribution in [2.75, 3.05) is 0 Å². The highest BCUT2D eigenvalue weighted by Gasteiger charge is 2.18. The van der Waals surface area contributed by atoms with E-state index in [1.807, 2.05) is 19.3 Å². The van der Waals surface area contributed by atoms with E-state index in [1.165, 1.54) is 0 Å². The molecule has 0 aliphatic heterocycles. The monoisotopic (exact) mass is 209 g/mol. The second-order valence-corrected chi connectivity index (χ2v) is 4.33. The second kappa shape index (κ2) is 4.77. The van der Waals surface area contributed by atoms with E-state index in [0.29, 0.717) is 18.8 Å². The highest BCUT2D eigenvalue weighted by Crippen LogP contribution is 2.20. The first-order valence-electron chi connectivity index (χ1n) is 5.60. The van der Waals surface area contributed by atoms with Crippen molar-refractivity contribution in [3.05, 3.63) is 18.0 Å². The Morgan fingerprint density at radius 1 is 1.47 bits per heavy atom. The third-order valence-corrected chi connectivity index (χ3v) is 2.95. The van der Waals surface area contributed by atoms with Crippen molar-refractivity contribution in [2.24, 2.45) is 12.8 Å². The summed E-state index contributed by atoms with van der Waals surface area (Å²) in [4.78, 5) is 0. The molecule has 15 heavy (non-hydrogen) atoms. The van der Waals surface area contributed by atoms with E-state index in [1.54, 1.807) is 4.68 Å². The molecule has 0 bridgehead atoms. The minimum atomic E-state index is 0.381. The molecule has 1 fully saturated rings. The van der Waals surface area contributed by atoms with Crippen molar-refractivity contribution >= 4 is 0 Å². The molecule has 1 saturated carbocycles. The van der Waals surface area contributed by atoms with Gasteiger partial charge in [-0.3, -0.25) is 4.68 Å². The Bertz CT molecular complexity index is 303. The lowest BCUT2D eigenvalue weighted by Gasteiger charge is -2.25. The first-order valence-corrected chi connectivity index (χ1v) is 5.60. The number of aromatic nitrogens is 2. The van der Waals surface area contributed by atoms with Gasteiger partial charge in [0.2, 0.25) is 0 Å². The largest absolute Gasteiger partial charge is 0.372 e. The number of ether oxygens (including phenoxy) is 1. The predicted octanol–water partition coefficient (Wildman–Crippen LogP) is 1.21. The summed E-state index contributed by atoms with van der Waals surface area (Å²) >= 11 is 0. The van der Waals surface area contributed by atoms with Gasteiger partial charge in [-0.2, -0.15) is 5.10 Å². The molecule has 4 nitrogen and oxygen atoms in total. The van der Waals surface area contributed by atoms with Gasteiger partial charge in [0.25, 0.3) is 0 Å². The fraction of sp³-hybridized carbons (Fsp3) is 0.727. The lowest BCUT2D eigenvalue weighted by molar-refractivity contribution is 0.0121. The van der Waals surface area contributed by atoms with E-state index >= 15 is 0 Å². The smallest absolute Gasteiger partial charge is 0.0910 e. The van der Waals surface area contributed by atoms with Crippen molar-refractivity contribution in [3.8, 4) is 0 Å². The van der Waals surface area contributed by atoms with E-state index < -0.39 is 0 Å². The van der Waals surface area contributed by atoms with E-state index in [0.717, 1.165) is 31.4 Å². The molecule has 1 heterocycles. The third-order valence-electron chi connectivity index (χ3n) is 2.95. The highest BCUT2D eigenvalue weighted by atomic mass is 16.5. The van der Waals surface area contributed by atoms with Gasteiger partial charge in [-0.1, -0.05) is 0 Å². The molecule has 0 amide bonds. The summed E-state index contributed by atoms with van der Waals surface area (Å²) in [6.07, 6.45) is 6.68. The first-order chi connectivity index (χ1) is 7.24. The molecule has 1 aliphatic rings. The molecule has 0 atom stereocenters. The van der Waals surface area contributed by atoms with Gasteiger partial charge in [0, 0.05) is 19.3 Å². The second-order valence-electron chi connectivity index (χ2n) is 4.33. The molecule has 2 N–H and O–H groups in total. The number of aryl methyl sites for hydroxylation is 1. The number of hydrogen-bond donors (Lipinski definition) is 1. The van der Waals surface area contributed by atoms with Crippen LogP contribution in [-0.2, 0) is 18.4 Å². The zero-order valence-electron chi connectivity index (χ0n) is 9.22. The first kappa shape index (κ1) is 10.6. The lowest BCUT2D eigenvalue weighted by atomic mass is 9.94. The van der Waals surface area contributed by atoms with Crippen LogP contribution in [0.1, 0.15) is 31.4 Å². The molecule has 2 rings (SSSR count). The van der Waals surface area contributed by atoms with Gasteiger partial charge in [0.1, 0.15) is 0 Å². The van der Waals surface area contributed by atoms with E-state index in [4.69, 9.17) is 10.5 Å². The fourth-order valence-electron chi connectivity index (χ4n) is 2.00. The summed E-state index contributed by atoms with van der Waals surface area (Å²) in [6.45, 7) is 0.626. The van der Waals surface area contributed by atoms with Crippen molar-refractivity contribution in [1.82, 2.24) is 9.78 Å². The van der Waals surface area contributed by atoms with Crippen molar-refractivity contribution in [3.63, 3.8) is 0 Å². The summed E-state index contributed by atoms with van der Waals surface area (Å²) in [7, 11) is 1.92. The average Bonchev–Trinajstić information content (AvgIpc) is 2.64. The van der Waals surface area contributed by atoms with E-state index in [-0.39, 0.29) is 0 Å². The molecule has 1 aromatic rings. The topological polar surface area (TPSA) is 53.1 Å². The summed E-state index contributed by atoms with van der Waals surface area (Å²) in [5, 5.41) is 4.28. The zero-order chi connectivity index (χ0) is 10.7.